The van der Waals surface area contributed by atoms with Crippen LogP contribution in [-0.2, 0) is 19.0 Å². The first-order valence-corrected chi connectivity index (χ1v) is 6.74. The third-order valence-electron chi connectivity index (χ3n) is 3.55. The number of aromatic nitrogens is 2. The van der Waals surface area contributed by atoms with Gasteiger partial charge in [0.1, 0.15) is 0 Å². The number of hydrogen-bond donors (Lipinski definition) is 1. The van der Waals surface area contributed by atoms with Gasteiger partial charge in [-0.2, -0.15) is 13.2 Å². The van der Waals surface area contributed by atoms with E-state index in [9.17, 15) is 13.2 Å². The van der Waals surface area contributed by atoms with Gasteiger partial charge >= 0.3 is 6.18 Å². The molecule has 0 amide bonds. The maximum atomic E-state index is 12.8. The summed E-state index contributed by atoms with van der Waals surface area (Å²) in [5, 5.41) is 3.24. The Balaban J connectivity index is 1.93. The second-order valence-electron chi connectivity index (χ2n) is 5.05. The summed E-state index contributed by atoms with van der Waals surface area (Å²) in [4.78, 5) is 7.20. The van der Waals surface area contributed by atoms with E-state index in [0.29, 0.717) is 18.5 Å². The Hall–Kier alpha value is -1.95. The van der Waals surface area contributed by atoms with Crippen molar-refractivity contribution in [2.24, 2.45) is 0 Å². The highest BCUT2D eigenvalue weighted by atomic mass is 19.4. The number of rotatable bonds is 2. The van der Waals surface area contributed by atoms with E-state index in [0.717, 1.165) is 17.7 Å². The van der Waals surface area contributed by atoms with Gasteiger partial charge in [-0.3, -0.25) is 0 Å². The van der Waals surface area contributed by atoms with Gasteiger partial charge in [0, 0.05) is 6.20 Å². The lowest BCUT2D eigenvalue weighted by atomic mass is 9.95. The van der Waals surface area contributed by atoms with Crippen molar-refractivity contribution in [2.45, 2.75) is 25.1 Å². The van der Waals surface area contributed by atoms with Crippen molar-refractivity contribution >= 4 is 0 Å². The van der Waals surface area contributed by atoms with Gasteiger partial charge in [0.05, 0.1) is 11.7 Å². The normalized spacial score (nSPS) is 18.3. The lowest BCUT2D eigenvalue weighted by molar-refractivity contribution is -0.145. The number of alkyl halides is 3. The highest BCUT2D eigenvalue weighted by molar-refractivity contribution is 5.27. The fourth-order valence-electron chi connectivity index (χ4n) is 2.55. The molecule has 110 valence electrons. The van der Waals surface area contributed by atoms with Crippen molar-refractivity contribution in [3.8, 4) is 0 Å². The number of hydrogen-bond acceptors (Lipinski definition) is 3. The van der Waals surface area contributed by atoms with Crippen LogP contribution in [0.5, 0.6) is 0 Å². The van der Waals surface area contributed by atoms with Crippen LogP contribution in [0.4, 0.5) is 13.2 Å². The van der Waals surface area contributed by atoms with Crippen LogP contribution < -0.4 is 5.32 Å². The van der Waals surface area contributed by atoms with E-state index in [1.165, 1.54) is 6.20 Å². The van der Waals surface area contributed by atoms with E-state index >= 15 is 0 Å². The van der Waals surface area contributed by atoms with E-state index in [-0.39, 0.29) is 6.04 Å². The molecule has 0 aliphatic carbocycles. The van der Waals surface area contributed by atoms with Crippen molar-refractivity contribution in [3.63, 3.8) is 0 Å². The van der Waals surface area contributed by atoms with Gasteiger partial charge in [0.2, 0.25) is 5.82 Å². The van der Waals surface area contributed by atoms with Crippen LogP contribution in [0.25, 0.3) is 0 Å². The molecule has 1 unspecified atom stereocenters. The maximum absolute atomic E-state index is 12.8. The molecule has 0 spiro atoms. The minimum atomic E-state index is -4.51. The molecule has 1 aliphatic rings. The monoisotopic (exact) mass is 293 g/mol. The summed E-state index contributed by atoms with van der Waals surface area (Å²) >= 11 is 0. The fraction of sp³-hybridized carbons (Fsp3) is 0.333. The van der Waals surface area contributed by atoms with Crippen LogP contribution in [-0.4, -0.2) is 16.5 Å². The van der Waals surface area contributed by atoms with E-state index in [1.54, 1.807) is 0 Å². The molecule has 1 N–H and O–H groups in total. The van der Waals surface area contributed by atoms with Crippen LogP contribution in [0.3, 0.4) is 0 Å². The fourth-order valence-corrected chi connectivity index (χ4v) is 2.55. The van der Waals surface area contributed by atoms with Crippen molar-refractivity contribution in [1.82, 2.24) is 15.3 Å². The molecule has 6 heteroatoms. The second-order valence-corrected chi connectivity index (χ2v) is 5.05. The first kappa shape index (κ1) is 14.0. The van der Waals surface area contributed by atoms with E-state index in [1.807, 2.05) is 30.3 Å². The quantitative estimate of drug-likeness (QED) is 0.925. The van der Waals surface area contributed by atoms with Gasteiger partial charge in [0.15, 0.2) is 0 Å². The lowest BCUT2D eigenvalue weighted by Gasteiger charge is -2.26. The third-order valence-corrected chi connectivity index (χ3v) is 3.55. The number of halogens is 3. The number of nitrogens with zero attached hydrogens (tertiary/aromatic N) is 2. The molecule has 21 heavy (non-hydrogen) atoms. The second kappa shape index (κ2) is 5.44. The summed E-state index contributed by atoms with van der Waals surface area (Å²) < 4.78 is 38.3. The predicted molar refractivity (Wildman–Crippen MR) is 71.6 cm³/mol. The maximum Gasteiger partial charge on any atom is 0.451 e. The molecule has 1 aromatic heterocycles. The Morgan fingerprint density at radius 1 is 1.19 bits per heavy atom. The number of fused-ring (bicyclic) bond motifs is 1. The molecule has 3 nitrogen and oxygen atoms in total. The Kier molecular flexibility index (Phi) is 3.63. The molecule has 0 fully saturated rings. The van der Waals surface area contributed by atoms with Gasteiger partial charge < -0.3 is 5.32 Å². The highest BCUT2D eigenvalue weighted by Gasteiger charge is 2.36. The standard InChI is InChI=1S/C15H14F3N3/c16-15(17,18)14-20-9-11-6-7-19-12(13(11)21-14)8-10-4-2-1-3-5-10/h1-5,9,12,19H,6-8H2. The Bertz CT molecular complexity index is 626. The average Bonchev–Trinajstić information content (AvgIpc) is 2.47. The topological polar surface area (TPSA) is 37.8 Å². The summed E-state index contributed by atoms with van der Waals surface area (Å²) in [6.07, 6.45) is -1.94. The molecular formula is C15H14F3N3. The molecule has 0 saturated carbocycles. The van der Waals surface area contributed by atoms with Crippen molar-refractivity contribution < 1.29 is 13.2 Å². The zero-order chi connectivity index (χ0) is 14.9. The minimum Gasteiger partial charge on any atom is -0.308 e. The van der Waals surface area contributed by atoms with Crippen LogP contribution in [0.15, 0.2) is 36.5 Å². The van der Waals surface area contributed by atoms with Gasteiger partial charge in [-0.15, -0.1) is 0 Å². The van der Waals surface area contributed by atoms with Crippen LogP contribution in [0.2, 0.25) is 0 Å². The SMILES string of the molecule is FC(F)(F)c1ncc2c(n1)C(Cc1ccccc1)NCC2. The molecule has 0 radical (unpaired) electrons. The van der Waals surface area contributed by atoms with Gasteiger partial charge in [-0.25, -0.2) is 9.97 Å². The zero-order valence-electron chi connectivity index (χ0n) is 11.2. The first-order chi connectivity index (χ1) is 10.0. The minimum absolute atomic E-state index is 0.208. The van der Waals surface area contributed by atoms with Gasteiger partial charge in [0.25, 0.3) is 0 Å². The summed E-state index contributed by atoms with van der Waals surface area (Å²) in [6.45, 7) is 0.721. The van der Waals surface area contributed by atoms with Crippen LogP contribution in [0, 0.1) is 0 Å². The number of nitrogens with one attached hydrogen (secondary N) is 1. The molecule has 0 saturated heterocycles. The predicted octanol–water partition coefficient (Wildman–Crippen LogP) is 2.92. The van der Waals surface area contributed by atoms with Crippen molar-refractivity contribution in [1.29, 1.82) is 0 Å². The first-order valence-electron chi connectivity index (χ1n) is 6.74. The molecule has 2 aromatic rings. The molecule has 2 heterocycles. The van der Waals surface area contributed by atoms with Crippen molar-refractivity contribution in [3.05, 3.63) is 59.2 Å². The molecule has 0 bridgehead atoms. The van der Waals surface area contributed by atoms with Gasteiger partial charge in [-0.05, 0) is 30.5 Å². The molecular weight excluding hydrogens is 279 g/mol. The van der Waals surface area contributed by atoms with Crippen LogP contribution >= 0.6 is 0 Å². The summed E-state index contributed by atoms with van der Waals surface area (Å²) in [5.74, 6) is -1.07. The molecule has 1 aliphatic heterocycles. The smallest absolute Gasteiger partial charge is 0.308 e. The zero-order valence-corrected chi connectivity index (χ0v) is 11.2. The number of benzene rings is 1. The van der Waals surface area contributed by atoms with E-state index in [2.05, 4.69) is 15.3 Å². The molecule has 1 aromatic carbocycles. The van der Waals surface area contributed by atoms with E-state index < -0.39 is 12.0 Å². The van der Waals surface area contributed by atoms with E-state index in [4.69, 9.17) is 0 Å². The Morgan fingerprint density at radius 2 is 1.95 bits per heavy atom. The molecule has 3 rings (SSSR count). The summed E-state index contributed by atoms with van der Waals surface area (Å²) in [7, 11) is 0. The largest absolute Gasteiger partial charge is 0.451 e. The lowest BCUT2D eigenvalue weighted by Crippen LogP contribution is -2.33. The Morgan fingerprint density at radius 3 is 2.67 bits per heavy atom. The average molecular weight is 293 g/mol. The third kappa shape index (κ3) is 3.05. The summed E-state index contributed by atoms with van der Waals surface area (Å²) in [6, 6.07) is 9.46. The van der Waals surface area contributed by atoms with Crippen molar-refractivity contribution in [2.75, 3.05) is 6.54 Å². The molecule has 1 atom stereocenters. The Labute approximate surface area is 120 Å². The van der Waals surface area contributed by atoms with Crippen LogP contribution in [0.1, 0.15) is 28.7 Å². The highest BCUT2D eigenvalue weighted by Crippen LogP contribution is 2.30. The summed E-state index contributed by atoms with van der Waals surface area (Å²) in [5.41, 5.74) is 2.32. The van der Waals surface area contributed by atoms with Gasteiger partial charge in [-0.1, -0.05) is 30.3 Å².